The van der Waals surface area contributed by atoms with Crippen LogP contribution in [0.1, 0.15) is 5.56 Å². The molecule has 0 atom stereocenters. The van der Waals surface area contributed by atoms with E-state index in [0.717, 1.165) is 5.56 Å². The zero-order valence-corrected chi connectivity index (χ0v) is 9.55. The molecule has 0 aliphatic rings. The lowest BCUT2D eigenvalue weighted by atomic mass is 10.1. The molecule has 1 rings (SSSR count). The van der Waals surface area contributed by atoms with Crippen LogP contribution < -0.4 is 0 Å². The van der Waals surface area contributed by atoms with E-state index in [1.807, 2.05) is 0 Å². The molecule has 0 radical (unpaired) electrons. The monoisotopic (exact) mass is 246 g/mol. The van der Waals surface area contributed by atoms with Crippen molar-refractivity contribution in [2.24, 2.45) is 0 Å². The molecule has 0 saturated heterocycles. The van der Waals surface area contributed by atoms with Gasteiger partial charge in [-0.05, 0) is 24.1 Å². The first-order valence-corrected chi connectivity index (χ1v) is 6.71. The summed E-state index contributed by atoms with van der Waals surface area (Å²) in [4.78, 5) is 0. The molecule has 0 bridgehead atoms. The zero-order chi connectivity index (χ0) is 11.5. The summed E-state index contributed by atoms with van der Waals surface area (Å²) in [7, 11) is 1.56. The highest BCUT2D eigenvalue weighted by molar-refractivity contribution is 8.13. The predicted molar refractivity (Wildman–Crippen MR) is 60.6 cm³/mol. The van der Waals surface area contributed by atoms with Gasteiger partial charge in [0.25, 0.3) is 0 Å². The smallest absolute Gasteiger partial charge is 0.236 e. The van der Waals surface area contributed by atoms with Gasteiger partial charge in [0.05, 0.1) is 5.75 Å². The molecule has 1 N–H and O–H groups in total. The van der Waals surface area contributed by atoms with Gasteiger partial charge in [-0.25, -0.2) is 8.42 Å². The Morgan fingerprint density at radius 3 is 2.33 bits per heavy atom. The van der Waals surface area contributed by atoms with Crippen LogP contribution in [0.4, 0.5) is 0 Å². The Labute approximate surface area is 93.4 Å². The van der Waals surface area contributed by atoms with Crippen LogP contribution in [0.5, 0.6) is 5.75 Å². The Kier molecular flexibility index (Phi) is 3.77. The molecule has 0 aliphatic heterocycles. The SMILES string of the molecule is C=C(Cc1ccc(O)cc1)CS(=O)(=O)Cl. The molecule has 0 amide bonds. The van der Waals surface area contributed by atoms with Crippen molar-refractivity contribution in [3.8, 4) is 5.75 Å². The van der Waals surface area contributed by atoms with Crippen LogP contribution in [0.15, 0.2) is 36.4 Å². The normalized spacial score (nSPS) is 11.3. The van der Waals surface area contributed by atoms with E-state index >= 15 is 0 Å². The highest BCUT2D eigenvalue weighted by atomic mass is 35.7. The van der Waals surface area contributed by atoms with Gasteiger partial charge in [-0.15, -0.1) is 0 Å². The van der Waals surface area contributed by atoms with Gasteiger partial charge in [0.2, 0.25) is 9.05 Å². The number of rotatable bonds is 4. The van der Waals surface area contributed by atoms with E-state index in [-0.39, 0.29) is 11.5 Å². The summed E-state index contributed by atoms with van der Waals surface area (Å²) in [5.41, 5.74) is 1.41. The molecule has 0 spiro atoms. The summed E-state index contributed by atoms with van der Waals surface area (Å²) in [6.07, 6.45) is 0.437. The van der Waals surface area contributed by atoms with Crippen LogP contribution in [-0.2, 0) is 15.5 Å². The van der Waals surface area contributed by atoms with Crippen LogP contribution in [0.25, 0.3) is 0 Å². The van der Waals surface area contributed by atoms with Crippen LogP contribution in [0.2, 0.25) is 0 Å². The van der Waals surface area contributed by atoms with Gasteiger partial charge in [-0.3, -0.25) is 0 Å². The fraction of sp³-hybridized carbons (Fsp3) is 0.200. The van der Waals surface area contributed by atoms with Crippen molar-refractivity contribution in [3.05, 3.63) is 42.0 Å². The fourth-order valence-corrected chi connectivity index (χ4v) is 2.25. The summed E-state index contributed by atoms with van der Waals surface area (Å²) in [6.45, 7) is 3.63. The lowest BCUT2D eigenvalue weighted by molar-refractivity contribution is 0.475. The Hall–Kier alpha value is -1.000. The average molecular weight is 247 g/mol. The largest absolute Gasteiger partial charge is 0.508 e. The number of hydrogen-bond acceptors (Lipinski definition) is 3. The minimum Gasteiger partial charge on any atom is -0.508 e. The standard InChI is InChI=1S/C10H11ClO3S/c1-8(7-15(11,13)14)6-9-2-4-10(12)5-3-9/h2-5,12H,1,6-7H2. The number of aromatic hydroxyl groups is 1. The molecule has 0 saturated carbocycles. The van der Waals surface area contributed by atoms with E-state index in [4.69, 9.17) is 15.8 Å². The third kappa shape index (κ3) is 4.85. The predicted octanol–water partition coefficient (Wildman–Crippen LogP) is 2.06. The number of benzene rings is 1. The third-order valence-corrected chi connectivity index (χ3v) is 2.85. The first kappa shape index (κ1) is 12.1. The van der Waals surface area contributed by atoms with Crippen molar-refractivity contribution in [2.75, 3.05) is 5.75 Å². The molecule has 1 aromatic carbocycles. The zero-order valence-electron chi connectivity index (χ0n) is 7.98. The number of phenolic OH excluding ortho intramolecular Hbond substituents is 1. The fourth-order valence-electron chi connectivity index (χ4n) is 1.20. The summed E-state index contributed by atoms with van der Waals surface area (Å²) in [5.74, 6) is -0.0515. The molecule has 3 nitrogen and oxygen atoms in total. The molecule has 15 heavy (non-hydrogen) atoms. The molecule has 5 heteroatoms. The second-order valence-corrected chi connectivity index (χ2v) is 6.05. The molecule has 82 valence electrons. The maximum atomic E-state index is 10.8. The second kappa shape index (κ2) is 4.68. The minimum atomic E-state index is -3.53. The van der Waals surface area contributed by atoms with Gasteiger partial charge < -0.3 is 5.11 Å². The van der Waals surface area contributed by atoms with Crippen molar-refractivity contribution in [1.29, 1.82) is 0 Å². The average Bonchev–Trinajstić information content (AvgIpc) is 2.05. The quantitative estimate of drug-likeness (QED) is 0.654. The van der Waals surface area contributed by atoms with Crippen LogP contribution in [0, 0.1) is 0 Å². The molecular weight excluding hydrogens is 236 g/mol. The lowest BCUT2D eigenvalue weighted by Gasteiger charge is -2.03. The van der Waals surface area contributed by atoms with Crippen molar-refractivity contribution < 1.29 is 13.5 Å². The maximum absolute atomic E-state index is 10.8. The van der Waals surface area contributed by atoms with E-state index in [1.165, 1.54) is 12.1 Å². The Bertz CT molecular complexity index is 448. The highest BCUT2D eigenvalue weighted by Crippen LogP contribution is 2.14. The van der Waals surface area contributed by atoms with Gasteiger partial charge in [-0.2, -0.15) is 0 Å². The summed E-state index contributed by atoms with van der Waals surface area (Å²) in [5, 5.41) is 9.04. The van der Waals surface area contributed by atoms with Crippen molar-refractivity contribution >= 4 is 19.7 Å². The number of halogens is 1. The van der Waals surface area contributed by atoms with Crippen LogP contribution in [0.3, 0.4) is 0 Å². The van der Waals surface area contributed by atoms with Crippen LogP contribution in [-0.4, -0.2) is 19.3 Å². The first-order chi connectivity index (χ1) is 6.87. The summed E-state index contributed by atoms with van der Waals surface area (Å²) < 4.78 is 21.5. The Balaban J connectivity index is 2.63. The van der Waals surface area contributed by atoms with Gasteiger partial charge >= 0.3 is 0 Å². The summed E-state index contributed by atoms with van der Waals surface area (Å²) >= 11 is 0. The molecular formula is C10H11ClO3S. The number of hydrogen-bond donors (Lipinski definition) is 1. The minimum absolute atomic E-state index is 0.175. The van der Waals surface area contributed by atoms with E-state index in [9.17, 15) is 8.42 Å². The van der Waals surface area contributed by atoms with E-state index in [0.29, 0.717) is 12.0 Å². The van der Waals surface area contributed by atoms with Crippen molar-refractivity contribution in [1.82, 2.24) is 0 Å². The Morgan fingerprint density at radius 1 is 1.33 bits per heavy atom. The topological polar surface area (TPSA) is 54.4 Å². The maximum Gasteiger partial charge on any atom is 0.236 e. The van der Waals surface area contributed by atoms with Gasteiger partial charge in [0, 0.05) is 10.7 Å². The van der Waals surface area contributed by atoms with E-state index < -0.39 is 9.05 Å². The lowest BCUT2D eigenvalue weighted by Crippen LogP contribution is -2.02. The molecule has 0 unspecified atom stereocenters. The molecule has 0 fully saturated rings. The first-order valence-electron chi connectivity index (χ1n) is 4.24. The third-order valence-electron chi connectivity index (χ3n) is 1.77. The van der Waals surface area contributed by atoms with E-state index in [1.54, 1.807) is 12.1 Å². The molecule has 0 aromatic heterocycles. The number of phenols is 1. The van der Waals surface area contributed by atoms with Crippen LogP contribution >= 0.6 is 10.7 Å². The van der Waals surface area contributed by atoms with Crippen molar-refractivity contribution in [2.45, 2.75) is 6.42 Å². The Morgan fingerprint density at radius 2 is 1.87 bits per heavy atom. The second-order valence-electron chi connectivity index (χ2n) is 3.28. The molecule has 1 aromatic rings. The summed E-state index contributed by atoms with van der Waals surface area (Å²) in [6, 6.07) is 6.50. The highest BCUT2D eigenvalue weighted by Gasteiger charge is 2.08. The molecule has 0 aliphatic carbocycles. The van der Waals surface area contributed by atoms with Gasteiger partial charge in [0.1, 0.15) is 5.75 Å². The van der Waals surface area contributed by atoms with E-state index in [2.05, 4.69) is 6.58 Å². The van der Waals surface area contributed by atoms with Crippen molar-refractivity contribution in [3.63, 3.8) is 0 Å². The van der Waals surface area contributed by atoms with Gasteiger partial charge in [-0.1, -0.05) is 24.3 Å². The molecule has 0 heterocycles. The van der Waals surface area contributed by atoms with Gasteiger partial charge in [0.15, 0.2) is 0 Å².